The molecular formula is C31H22F5N5O3. The molecule has 2 aliphatic rings. The van der Waals surface area contributed by atoms with Crippen LogP contribution in [0.15, 0.2) is 54.6 Å². The number of nitrogens with zero attached hydrogens (tertiary/aromatic N) is 3. The first kappa shape index (κ1) is 28.9. The molecule has 44 heavy (non-hydrogen) atoms. The monoisotopic (exact) mass is 607 g/mol. The maximum absolute atomic E-state index is 14.8. The van der Waals surface area contributed by atoms with Crippen molar-refractivity contribution in [2.45, 2.75) is 30.3 Å². The van der Waals surface area contributed by atoms with Gasteiger partial charge in [-0.3, -0.25) is 14.4 Å². The van der Waals surface area contributed by atoms with Gasteiger partial charge in [-0.1, -0.05) is 18.2 Å². The number of aromatic nitrogens is 1. The molecule has 3 atom stereocenters. The lowest BCUT2D eigenvalue weighted by Gasteiger charge is -2.32. The van der Waals surface area contributed by atoms with Crippen LogP contribution in [0.1, 0.15) is 28.0 Å². The van der Waals surface area contributed by atoms with Gasteiger partial charge in [0.2, 0.25) is 11.8 Å². The Hall–Kier alpha value is -5.25. The standard InChI is InChI=1S/C31H22F5N5O3/c1-40(28(42)26-10-18-21(34)8-16(32)9-25(18)38-26)27(7-15-6-22(35)23(36)11-20(15)33)29(43)41-14-31(12-17(41)13-37)19-4-2-3-5-24(19)39-30(31)44/h2-6,8-11,17,27,38H,7,12,14H2,1H3,(H,39,44)/t17-,27-,31-/m0/s1. The first-order valence-corrected chi connectivity index (χ1v) is 13.4. The molecule has 0 aliphatic carbocycles. The van der Waals surface area contributed by atoms with Gasteiger partial charge in [-0.15, -0.1) is 0 Å². The van der Waals surface area contributed by atoms with Crippen molar-refractivity contribution in [2.75, 3.05) is 18.9 Å². The molecule has 6 rings (SSSR count). The fourth-order valence-corrected chi connectivity index (χ4v) is 6.10. The topological polar surface area (TPSA) is 109 Å². The average Bonchev–Trinajstić information content (AvgIpc) is 3.67. The van der Waals surface area contributed by atoms with Crippen molar-refractivity contribution in [3.63, 3.8) is 0 Å². The van der Waals surface area contributed by atoms with Crippen LogP contribution in [-0.2, 0) is 21.4 Å². The number of hydrogen-bond acceptors (Lipinski definition) is 4. The van der Waals surface area contributed by atoms with Crippen LogP contribution in [0, 0.1) is 40.4 Å². The number of likely N-dealkylation sites (tertiary alicyclic amines) is 1. The van der Waals surface area contributed by atoms with Crippen molar-refractivity contribution in [1.82, 2.24) is 14.8 Å². The summed E-state index contributed by atoms with van der Waals surface area (Å²) < 4.78 is 70.8. The maximum Gasteiger partial charge on any atom is 0.270 e. The predicted molar refractivity (Wildman–Crippen MR) is 147 cm³/mol. The van der Waals surface area contributed by atoms with Gasteiger partial charge < -0.3 is 20.1 Å². The molecule has 0 radical (unpaired) electrons. The van der Waals surface area contributed by atoms with E-state index < -0.39 is 76.3 Å². The van der Waals surface area contributed by atoms with E-state index in [0.29, 0.717) is 29.4 Å². The fourth-order valence-electron chi connectivity index (χ4n) is 6.10. The Balaban J connectivity index is 1.39. The Kier molecular flexibility index (Phi) is 6.87. The lowest BCUT2D eigenvalue weighted by atomic mass is 9.80. The third-order valence-corrected chi connectivity index (χ3v) is 8.37. The number of fused-ring (bicyclic) bond motifs is 3. The van der Waals surface area contributed by atoms with E-state index in [2.05, 4.69) is 10.3 Å². The number of halogens is 5. The van der Waals surface area contributed by atoms with Crippen molar-refractivity contribution in [1.29, 1.82) is 5.26 Å². The second kappa shape index (κ2) is 10.5. The molecule has 13 heteroatoms. The summed E-state index contributed by atoms with van der Waals surface area (Å²) in [5.41, 5.74) is -0.872. The molecule has 4 aromatic rings. The molecule has 2 aliphatic heterocycles. The molecule has 8 nitrogen and oxygen atoms in total. The summed E-state index contributed by atoms with van der Waals surface area (Å²) in [6.07, 6.45) is -0.702. The summed E-state index contributed by atoms with van der Waals surface area (Å²) in [6.45, 7) is -0.247. The first-order valence-electron chi connectivity index (χ1n) is 13.4. The molecule has 3 amide bonds. The molecule has 3 heterocycles. The molecule has 2 N–H and O–H groups in total. The zero-order valence-corrected chi connectivity index (χ0v) is 22.9. The number of carbonyl (C=O) groups excluding carboxylic acids is 3. The van der Waals surface area contributed by atoms with E-state index in [4.69, 9.17) is 0 Å². The molecule has 1 spiro atoms. The van der Waals surface area contributed by atoms with E-state index in [1.165, 1.54) is 7.05 Å². The number of hydrogen-bond donors (Lipinski definition) is 2. The van der Waals surface area contributed by atoms with E-state index in [1.54, 1.807) is 24.3 Å². The Bertz CT molecular complexity index is 1920. The van der Waals surface area contributed by atoms with Gasteiger partial charge in [0, 0.05) is 49.6 Å². The summed E-state index contributed by atoms with van der Waals surface area (Å²) >= 11 is 0. The summed E-state index contributed by atoms with van der Waals surface area (Å²) in [5.74, 6) is -8.03. The lowest BCUT2D eigenvalue weighted by Crippen LogP contribution is -2.52. The molecular weight excluding hydrogens is 585 g/mol. The molecule has 1 saturated heterocycles. The van der Waals surface area contributed by atoms with Gasteiger partial charge in [-0.2, -0.15) is 5.26 Å². The van der Waals surface area contributed by atoms with E-state index in [1.807, 2.05) is 6.07 Å². The van der Waals surface area contributed by atoms with Gasteiger partial charge in [0.25, 0.3) is 5.91 Å². The van der Waals surface area contributed by atoms with Crippen LogP contribution in [0.25, 0.3) is 10.9 Å². The average molecular weight is 608 g/mol. The molecule has 3 aromatic carbocycles. The van der Waals surface area contributed by atoms with Crippen LogP contribution in [0.3, 0.4) is 0 Å². The molecule has 224 valence electrons. The van der Waals surface area contributed by atoms with Crippen molar-refractivity contribution < 1.29 is 36.3 Å². The third kappa shape index (κ3) is 4.54. The Morgan fingerprint density at radius 2 is 1.77 bits per heavy atom. The van der Waals surface area contributed by atoms with Crippen LogP contribution in [-0.4, -0.2) is 58.2 Å². The van der Waals surface area contributed by atoms with Gasteiger partial charge >= 0.3 is 0 Å². The number of H-pyrrole nitrogens is 1. The van der Waals surface area contributed by atoms with E-state index >= 15 is 0 Å². The molecule has 1 fully saturated rings. The predicted octanol–water partition coefficient (Wildman–Crippen LogP) is 4.56. The van der Waals surface area contributed by atoms with E-state index in [0.717, 1.165) is 21.9 Å². The quantitative estimate of drug-likeness (QED) is 0.256. The number of rotatable bonds is 5. The Morgan fingerprint density at radius 3 is 2.52 bits per heavy atom. The summed E-state index contributed by atoms with van der Waals surface area (Å²) in [6, 6.07) is 9.72. The van der Waals surface area contributed by atoms with Crippen molar-refractivity contribution in [3.8, 4) is 6.07 Å². The highest BCUT2D eigenvalue weighted by Gasteiger charge is 2.56. The lowest BCUT2D eigenvalue weighted by molar-refractivity contribution is -0.136. The van der Waals surface area contributed by atoms with Crippen molar-refractivity contribution in [3.05, 3.63) is 101 Å². The highest BCUT2D eigenvalue weighted by Crippen LogP contribution is 2.46. The number of nitrogens with one attached hydrogen (secondary N) is 2. The SMILES string of the molecule is CN(C(=O)c1cc2c(F)cc(F)cc2[nH]1)[C@@H](Cc1cc(F)c(F)cc1F)C(=O)N1C[C@]2(C[C@H]1C#N)C(=O)Nc1ccccc12. The number of benzene rings is 3. The Morgan fingerprint density at radius 1 is 1.05 bits per heavy atom. The Labute approximate surface area is 246 Å². The van der Waals surface area contributed by atoms with Crippen LogP contribution in [0.4, 0.5) is 27.6 Å². The van der Waals surface area contributed by atoms with Crippen molar-refractivity contribution >= 4 is 34.3 Å². The number of anilines is 1. The highest BCUT2D eigenvalue weighted by atomic mass is 19.2. The zero-order chi connectivity index (χ0) is 31.5. The molecule has 0 bridgehead atoms. The molecule has 0 saturated carbocycles. The van der Waals surface area contributed by atoms with Crippen LogP contribution >= 0.6 is 0 Å². The minimum atomic E-state index is -1.60. The minimum Gasteiger partial charge on any atom is -0.350 e. The van der Waals surface area contributed by atoms with Gasteiger partial charge in [0.15, 0.2) is 11.6 Å². The highest BCUT2D eigenvalue weighted by molar-refractivity contribution is 6.07. The second-order valence-electron chi connectivity index (χ2n) is 10.9. The fraction of sp³-hybridized carbons (Fsp3) is 0.226. The van der Waals surface area contributed by atoms with Gasteiger partial charge in [0.1, 0.15) is 35.2 Å². The van der Waals surface area contributed by atoms with Crippen LogP contribution < -0.4 is 5.32 Å². The molecule has 0 unspecified atom stereocenters. The first-order chi connectivity index (χ1) is 20.9. The smallest absolute Gasteiger partial charge is 0.270 e. The summed E-state index contributed by atoms with van der Waals surface area (Å²) in [5, 5.41) is 12.7. The third-order valence-electron chi connectivity index (χ3n) is 8.37. The normalized spacial score (nSPS) is 19.6. The van der Waals surface area contributed by atoms with Crippen LogP contribution in [0.2, 0.25) is 0 Å². The minimum absolute atomic E-state index is 0.0364. The van der Waals surface area contributed by atoms with Crippen molar-refractivity contribution in [2.24, 2.45) is 0 Å². The zero-order valence-electron chi connectivity index (χ0n) is 22.9. The summed E-state index contributed by atoms with van der Waals surface area (Å²) in [7, 11) is 1.19. The second-order valence-corrected chi connectivity index (χ2v) is 10.9. The van der Waals surface area contributed by atoms with Gasteiger partial charge in [-0.05, 0) is 35.4 Å². The number of carbonyl (C=O) groups is 3. The number of likely N-dealkylation sites (N-methyl/N-ethyl adjacent to an activating group) is 1. The van der Waals surface area contributed by atoms with Gasteiger partial charge in [0.05, 0.1) is 17.0 Å². The molecule has 1 aromatic heterocycles. The van der Waals surface area contributed by atoms with E-state index in [9.17, 15) is 41.6 Å². The number of amides is 3. The van der Waals surface area contributed by atoms with E-state index in [-0.39, 0.29) is 29.6 Å². The van der Waals surface area contributed by atoms with Gasteiger partial charge in [-0.25, -0.2) is 22.0 Å². The maximum atomic E-state index is 14.8. The summed E-state index contributed by atoms with van der Waals surface area (Å²) in [4.78, 5) is 45.7. The number of para-hydroxylation sites is 1. The number of aromatic amines is 1. The largest absolute Gasteiger partial charge is 0.350 e. The number of nitriles is 1. The van der Waals surface area contributed by atoms with Crippen LogP contribution in [0.5, 0.6) is 0 Å².